The fourth-order valence-corrected chi connectivity index (χ4v) is 1.47. The van der Waals surface area contributed by atoms with Crippen molar-refractivity contribution in [2.24, 2.45) is 0 Å². The number of carboxylic acid groups (broad SMARTS) is 1. The van der Waals surface area contributed by atoms with E-state index in [1.54, 1.807) is 36.4 Å². The minimum atomic E-state index is -0.932. The van der Waals surface area contributed by atoms with E-state index in [1.807, 2.05) is 0 Å². The van der Waals surface area contributed by atoms with E-state index in [1.165, 1.54) is 0 Å². The Kier molecular flexibility index (Phi) is 3.74. The molecular formula is C12H10ClN3O2. The molecule has 0 amide bonds. The topological polar surface area (TPSA) is 75.1 Å². The number of rotatable bonds is 4. The molecule has 2 rings (SSSR count). The number of hydrogen-bond donors (Lipinski definition) is 2. The van der Waals surface area contributed by atoms with E-state index in [9.17, 15) is 4.79 Å². The summed E-state index contributed by atoms with van der Waals surface area (Å²) >= 11 is 5.62. The van der Waals surface area contributed by atoms with Gasteiger partial charge in [0.1, 0.15) is 5.82 Å². The van der Waals surface area contributed by atoms with Crippen LogP contribution in [0, 0.1) is 0 Å². The maximum Gasteiger partial charge on any atom is 0.335 e. The zero-order valence-corrected chi connectivity index (χ0v) is 10.1. The number of nitrogens with one attached hydrogen (secondary N) is 1. The lowest BCUT2D eigenvalue weighted by Crippen LogP contribution is -2.03. The van der Waals surface area contributed by atoms with Gasteiger partial charge in [0.15, 0.2) is 5.15 Å². The van der Waals surface area contributed by atoms with Crippen LogP contribution in [-0.2, 0) is 6.54 Å². The highest BCUT2D eigenvalue weighted by molar-refractivity contribution is 6.29. The minimum Gasteiger partial charge on any atom is -0.478 e. The van der Waals surface area contributed by atoms with Crippen molar-refractivity contribution in [2.45, 2.75) is 6.54 Å². The number of carboxylic acids is 1. The summed E-state index contributed by atoms with van der Waals surface area (Å²) in [4.78, 5) is 10.7. The highest BCUT2D eigenvalue weighted by atomic mass is 35.5. The molecule has 2 N–H and O–H groups in total. The molecule has 6 heteroatoms. The van der Waals surface area contributed by atoms with Crippen molar-refractivity contribution in [2.75, 3.05) is 5.32 Å². The molecule has 0 aliphatic heterocycles. The summed E-state index contributed by atoms with van der Waals surface area (Å²) in [5.41, 5.74) is 1.22. The Labute approximate surface area is 108 Å². The van der Waals surface area contributed by atoms with Crippen molar-refractivity contribution in [3.63, 3.8) is 0 Å². The number of nitrogens with zero attached hydrogens (tertiary/aromatic N) is 2. The van der Waals surface area contributed by atoms with Gasteiger partial charge in [0.25, 0.3) is 0 Å². The predicted molar refractivity (Wildman–Crippen MR) is 67.8 cm³/mol. The second-order valence-corrected chi connectivity index (χ2v) is 3.98. The van der Waals surface area contributed by atoms with Crippen LogP contribution in [0.4, 0.5) is 5.82 Å². The molecule has 0 fully saturated rings. The Hall–Kier alpha value is -2.14. The molecule has 18 heavy (non-hydrogen) atoms. The Balaban J connectivity index is 1.97. The first-order valence-electron chi connectivity index (χ1n) is 5.20. The summed E-state index contributed by atoms with van der Waals surface area (Å²) in [5, 5.41) is 19.7. The van der Waals surface area contributed by atoms with Gasteiger partial charge in [0.2, 0.25) is 0 Å². The van der Waals surface area contributed by atoms with Gasteiger partial charge in [-0.15, -0.1) is 10.2 Å². The van der Waals surface area contributed by atoms with Gasteiger partial charge in [-0.3, -0.25) is 0 Å². The van der Waals surface area contributed by atoms with Crippen LogP contribution in [0.5, 0.6) is 0 Å². The zero-order valence-electron chi connectivity index (χ0n) is 9.30. The smallest absolute Gasteiger partial charge is 0.335 e. The Bertz CT molecular complexity index is 540. The van der Waals surface area contributed by atoms with Crippen LogP contribution in [0.1, 0.15) is 15.9 Å². The monoisotopic (exact) mass is 263 g/mol. The van der Waals surface area contributed by atoms with Crippen LogP contribution < -0.4 is 5.32 Å². The number of hydrogen-bond acceptors (Lipinski definition) is 4. The second-order valence-electron chi connectivity index (χ2n) is 3.60. The van der Waals surface area contributed by atoms with E-state index >= 15 is 0 Å². The number of aromatic carboxylic acids is 1. The van der Waals surface area contributed by atoms with Gasteiger partial charge in [0, 0.05) is 6.54 Å². The highest BCUT2D eigenvalue weighted by Crippen LogP contribution is 2.09. The van der Waals surface area contributed by atoms with Crippen LogP contribution >= 0.6 is 11.6 Å². The summed E-state index contributed by atoms with van der Waals surface area (Å²) in [7, 11) is 0. The largest absolute Gasteiger partial charge is 0.478 e. The molecule has 0 saturated heterocycles. The standard InChI is InChI=1S/C12H10ClN3O2/c13-10-5-6-11(16-15-10)14-7-8-1-3-9(4-2-8)12(17)18/h1-6H,7H2,(H,14,16)(H,17,18). The normalized spacial score (nSPS) is 10.1. The average molecular weight is 264 g/mol. The van der Waals surface area contributed by atoms with E-state index in [4.69, 9.17) is 16.7 Å². The Morgan fingerprint density at radius 1 is 1.17 bits per heavy atom. The number of benzene rings is 1. The van der Waals surface area contributed by atoms with Crippen molar-refractivity contribution >= 4 is 23.4 Å². The third kappa shape index (κ3) is 3.18. The van der Waals surface area contributed by atoms with E-state index in [0.29, 0.717) is 17.5 Å². The van der Waals surface area contributed by atoms with Gasteiger partial charge in [-0.2, -0.15) is 0 Å². The van der Waals surface area contributed by atoms with Gasteiger partial charge >= 0.3 is 5.97 Å². The molecule has 1 heterocycles. The third-order valence-corrected chi connectivity index (χ3v) is 2.51. The summed E-state index contributed by atoms with van der Waals surface area (Å²) in [5.74, 6) is -0.320. The van der Waals surface area contributed by atoms with Gasteiger partial charge in [-0.1, -0.05) is 23.7 Å². The summed E-state index contributed by atoms with van der Waals surface area (Å²) in [6, 6.07) is 9.99. The van der Waals surface area contributed by atoms with E-state index < -0.39 is 5.97 Å². The maximum atomic E-state index is 10.7. The third-order valence-electron chi connectivity index (χ3n) is 2.31. The molecule has 2 aromatic rings. The fourth-order valence-electron chi connectivity index (χ4n) is 1.37. The molecule has 5 nitrogen and oxygen atoms in total. The molecular weight excluding hydrogens is 254 g/mol. The van der Waals surface area contributed by atoms with Gasteiger partial charge in [0.05, 0.1) is 5.56 Å². The van der Waals surface area contributed by atoms with Crippen molar-refractivity contribution in [1.82, 2.24) is 10.2 Å². The lowest BCUT2D eigenvalue weighted by Gasteiger charge is -2.05. The van der Waals surface area contributed by atoms with Crippen molar-refractivity contribution < 1.29 is 9.90 Å². The number of aromatic nitrogens is 2. The Morgan fingerprint density at radius 3 is 2.44 bits per heavy atom. The molecule has 0 unspecified atom stereocenters. The lowest BCUT2D eigenvalue weighted by molar-refractivity contribution is 0.0697. The summed E-state index contributed by atoms with van der Waals surface area (Å²) in [6.45, 7) is 0.538. The SMILES string of the molecule is O=C(O)c1ccc(CNc2ccc(Cl)nn2)cc1. The van der Waals surface area contributed by atoms with Crippen molar-refractivity contribution in [3.8, 4) is 0 Å². The van der Waals surface area contributed by atoms with Gasteiger partial charge < -0.3 is 10.4 Å². The average Bonchev–Trinajstić information content (AvgIpc) is 2.38. The van der Waals surface area contributed by atoms with E-state index in [-0.39, 0.29) is 5.56 Å². The molecule has 0 saturated carbocycles. The zero-order chi connectivity index (χ0) is 13.0. The molecule has 0 spiro atoms. The quantitative estimate of drug-likeness (QED) is 0.886. The maximum absolute atomic E-state index is 10.7. The molecule has 0 aliphatic rings. The molecule has 92 valence electrons. The highest BCUT2D eigenvalue weighted by Gasteiger charge is 2.02. The molecule has 1 aromatic carbocycles. The second kappa shape index (κ2) is 5.46. The van der Waals surface area contributed by atoms with Crippen molar-refractivity contribution in [1.29, 1.82) is 0 Å². The molecule has 0 bridgehead atoms. The van der Waals surface area contributed by atoms with Crippen LogP contribution in [0.25, 0.3) is 0 Å². The summed E-state index contributed by atoms with van der Waals surface area (Å²) in [6.07, 6.45) is 0. The first-order chi connectivity index (χ1) is 8.65. The first kappa shape index (κ1) is 12.3. The van der Waals surface area contributed by atoms with Crippen molar-refractivity contribution in [3.05, 3.63) is 52.7 Å². The number of anilines is 1. The summed E-state index contributed by atoms with van der Waals surface area (Å²) < 4.78 is 0. The molecule has 0 aliphatic carbocycles. The first-order valence-corrected chi connectivity index (χ1v) is 5.58. The molecule has 0 radical (unpaired) electrons. The van der Waals surface area contributed by atoms with E-state index in [2.05, 4.69) is 15.5 Å². The number of halogens is 1. The fraction of sp³-hybridized carbons (Fsp3) is 0.0833. The predicted octanol–water partition coefficient (Wildman–Crippen LogP) is 2.44. The van der Waals surface area contributed by atoms with Crippen LogP contribution in [0.3, 0.4) is 0 Å². The van der Waals surface area contributed by atoms with Gasteiger partial charge in [-0.25, -0.2) is 4.79 Å². The lowest BCUT2D eigenvalue weighted by atomic mass is 10.1. The van der Waals surface area contributed by atoms with E-state index in [0.717, 1.165) is 5.56 Å². The van der Waals surface area contributed by atoms with Crippen LogP contribution in [0.15, 0.2) is 36.4 Å². The van der Waals surface area contributed by atoms with Crippen LogP contribution in [-0.4, -0.2) is 21.3 Å². The van der Waals surface area contributed by atoms with Gasteiger partial charge in [-0.05, 0) is 29.8 Å². The Morgan fingerprint density at radius 2 is 1.89 bits per heavy atom. The number of carbonyl (C=O) groups is 1. The molecule has 0 atom stereocenters. The van der Waals surface area contributed by atoms with Crippen LogP contribution in [0.2, 0.25) is 5.15 Å². The molecule has 1 aromatic heterocycles. The minimum absolute atomic E-state index is 0.269.